The highest BCUT2D eigenvalue weighted by atomic mass is 15.2. The second kappa shape index (κ2) is 3.94. The summed E-state index contributed by atoms with van der Waals surface area (Å²) in [5, 5.41) is 0. The molecule has 0 heterocycles. The summed E-state index contributed by atoms with van der Waals surface area (Å²) in [6, 6.07) is 0.503. The molecule has 10 heavy (non-hydrogen) atoms. The van der Waals surface area contributed by atoms with Crippen LogP contribution in [0.15, 0.2) is 0 Å². The van der Waals surface area contributed by atoms with Gasteiger partial charge in [-0.1, -0.05) is 25.7 Å². The first-order valence-electron chi connectivity index (χ1n) is 4.29. The van der Waals surface area contributed by atoms with Gasteiger partial charge < -0.3 is 0 Å². The van der Waals surface area contributed by atoms with Crippen LogP contribution >= 0.6 is 0 Å². The van der Waals surface area contributed by atoms with Crippen LogP contribution in [0.5, 0.6) is 0 Å². The zero-order valence-corrected chi connectivity index (χ0v) is 6.77. The summed E-state index contributed by atoms with van der Waals surface area (Å²) in [5.41, 5.74) is 2.79. The first kappa shape index (κ1) is 8.02. The van der Waals surface area contributed by atoms with E-state index in [1.165, 1.54) is 32.1 Å². The van der Waals surface area contributed by atoms with Crippen molar-refractivity contribution in [2.75, 3.05) is 0 Å². The second-order valence-corrected chi connectivity index (χ2v) is 3.45. The Balaban J connectivity index is 2.11. The number of hydrogen-bond donors (Lipinski definition) is 2. The quantitative estimate of drug-likeness (QED) is 0.462. The molecule has 0 aromatic carbocycles. The van der Waals surface area contributed by atoms with E-state index in [0.29, 0.717) is 6.04 Å². The van der Waals surface area contributed by atoms with E-state index in [9.17, 15) is 0 Å². The van der Waals surface area contributed by atoms with Gasteiger partial charge in [0, 0.05) is 6.04 Å². The van der Waals surface area contributed by atoms with Gasteiger partial charge in [0.15, 0.2) is 0 Å². The predicted octanol–water partition coefficient (Wildman–Crippen LogP) is 1.42. The predicted molar refractivity (Wildman–Crippen MR) is 43.4 cm³/mol. The third-order valence-corrected chi connectivity index (χ3v) is 2.45. The summed E-state index contributed by atoms with van der Waals surface area (Å²) in [6.45, 7) is 2.15. The van der Waals surface area contributed by atoms with Crippen molar-refractivity contribution in [2.24, 2.45) is 11.8 Å². The largest absolute Gasteiger partial charge is 0.271 e. The molecule has 0 aliphatic heterocycles. The van der Waals surface area contributed by atoms with Gasteiger partial charge in [0.2, 0.25) is 0 Å². The zero-order chi connectivity index (χ0) is 7.40. The van der Waals surface area contributed by atoms with Gasteiger partial charge in [0.05, 0.1) is 0 Å². The maximum Gasteiger partial charge on any atom is 0.0184 e. The molecule has 1 unspecified atom stereocenters. The van der Waals surface area contributed by atoms with Gasteiger partial charge in [0.25, 0.3) is 0 Å². The van der Waals surface area contributed by atoms with Gasteiger partial charge in [-0.2, -0.15) is 0 Å². The average molecular weight is 142 g/mol. The van der Waals surface area contributed by atoms with Crippen molar-refractivity contribution in [1.82, 2.24) is 5.43 Å². The minimum absolute atomic E-state index is 0.503. The molecule has 0 spiro atoms. The summed E-state index contributed by atoms with van der Waals surface area (Å²) in [6.07, 6.45) is 6.97. The lowest BCUT2D eigenvalue weighted by Crippen LogP contribution is -2.33. The van der Waals surface area contributed by atoms with Gasteiger partial charge in [-0.25, -0.2) is 0 Å². The molecule has 0 bridgehead atoms. The van der Waals surface area contributed by atoms with Gasteiger partial charge >= 0.3 is 0 Å². The summed E-state index contributed by atoms with van der Waals surface area (Å²) in [5.74, 6) is 6.25. The van der Waals surface area contributed by atoms with Crippen LogP contribution in [0.2, 0.25) is 0 Å². The van der Waals surface area contributed by atoms with E-state index in [1.807, 2.05) is 0 Å². The van der Waals surface area contributed by atoms with Gasteiger partial charge in [-0.05, 0) is 19.3 Å². The Morgan fingerprint density at radius 2 is 2.10 bits per heavy atom. The third-order valence-electron chi connectivity index (χ3n) is 2.45. The molecule has 1 aliphatic rings. The maximum absolute atomic E-state index is 5.30. The molecule has 1 atom stereocenters. The normalized spacial score (nSPS) is 23.4. The minimum Gasteiger partial charge on any atom is -0.271 e. The fourth-order valence-electron chi connectivity index (χ4n) is 1.81. The summed E-state index contributed by atoms with van der Waals surface area (Å²) >= 11 is 0. The highest BCUT2D eigenvalue weighted by Crippen LogP contribution is 2.28. The van der Waals surface area contributed by atoms with Crippen LogP contribution in [0.1, 0.15) is 39.0 Å². The molecule has 0 amide bonds. The minimum atomic E-state index is 0.503. The van der Waals surface area contributed by atoms with Crippen molar-refractivity contribution in [3.05, 3.63) is 0 Å². The van der Waals surface area contributed by atoms with E-state index in [-0.39, 0.29) is 0 Å². The maximum atomic E-state index is 5.30. The molecule has 0 radical (unpaired) electrons. The lowest BCUT2D eigenvalue weighted by molar-refractivity contribution is 0.411. The van der Waals surface area contributed by atoms with Crippen LogP contribution < -0.4 is 11.3 Å². The smallest absolute Gasteiger partial charge is 0.0184 e. The van der Waals surface area contributed by atoms with Crippen LogP contribution in [0.25, 0.3) is 0 Å². The van der Waals surface area contributed by atoms with E-state index >= 15 is 0 Å². The van der Waals surface area contributed by atoms with E-state index in [1.54, 1.807) is 0 Å². The van der Waals surface area contributed by atoms with Crippen molar-refractivity contribution < 1.29 is 0 Å². The topological polar surface area (TPSA) is 38.0 Å². The first-order valence-corrected chi connectivity index (χ1v) is 4.29. The molecule has 2 heteroatoms. The average Bonchev–Trinajstić information content (AvgIpc) is 2.40. The summed E-state index contributed by atoms with van der Waals surface area (Å²) in [4.78, 5) is 0. The molecule has 3 N–H and O–H groups in total. The number of nitrogens with one attached hydrogen (secondary N) is 1. The number of rotatable bonds is 3. The van der Waals surface area contributed by atoms with Crippen LogP contribution in [-0.4, -0.2) is 6.04 Å². The van der Waals surface area contributed by atoms with Crippen molar-refractivity contribution in [3.8, 4) is 0 Å². The number of hydrogen-bond acceptors (Lipinski definition) is 2. The lowest BCUT2D eigenvalue weighted by atomic mass is 10.00. The molecule has 1 aliphatic carbocycles. The van der Waals surface area contributed by atoms with E-state index < -0.39 is 0 Å². The molecule has 1 saturated carbocycles. The molecule has 2 nitrogen and oxygen atoms in total. The van der Waals surface area contributed by atoms with Gasteiger partial charge in [-0.15, -0.1) is 0 Å². The number of nitrogens with two attached hydrogens (primary N) is 1. The first-order chi connectivity index (χ1) is 4.83. The van der Waals surface area contributed by atoms with Gasteiger partial charge in [-0.3, -0.25) is 11.3 Å². The molecule has 0 saturated heterocycles. The van der Waals surface area contributed by atoms with Crippen LogP contribution in [0.4, 0.5) is 0 Å². The van der Waals surface area contributed by atoms with Crippen molar-refractivity contribution >= 4 is 0 Å². The Bertz CT molecular complexity index is 87.3. The Morgan fingerprint density at radius 3 is 2.60 bits per heavy atom. The van der Waals surface area contributed by atoms with E-state index in [2.05, 4.69) is 12.3 Å². The Hall–Kier alpha value is -0.0800. The van der Waals surface area contributed by atoms with Crippen LogP contribution in [-0.2, 0) is 0 Å². The molecular formula is C8H18N2. The van der Waals surface area contributed by atoms with Crippen LogP contribution in [0, 0.1) is 5.92 Å². The fourth-order valence-corrected chi connectivity index (χ4v) is 1.81. The third kappa shape index (κ3) is 2.27. The van der Waals surface area contributed by atoms with Gasteiger partial charge in [0.1, 0.15) is 0 Å². The molecule has 0 aromatic heterocycles. The number of hydrazine groups is 1. The second-order valence-electron chi connectivity index (χ2n) is 3.45. The highest BCUT2D eigenvalue weighted by Gasteiger charge is 2.16. The Morgan fingerprint density at radius 1 is 1.50 bits per heavy atom. The summed E-state index contributed by atoms with van der Waals surface area (Å²) < 4.78 is 0. The highest BCUT2D eigenvalue weighted by molar-refractivity contribution is 4.71. The van der Waals surface area contributed by atoms with Crippen molar-refractivity contribution in [1.29, 1.82) is 0 Å². The molecule has 60 valence electrons. The lowest BCUT2D eigenvalue weighted by Gasteiger charge is -2.14. The van der Waals surface area contributed by atoms with Crippen LogP contribution in [0.3, 0.4) is 0 Å². The van der Waals surface area contributed by atoms with Crippen molar-refractivity contribution in [2.45, 2.75) is 45.1 Å². The summed E-state index contributed by atoms with van der Waals surface area (Å²) in [7, 11) is 0. The Labute approximate surface area is 63.1 Å². The molecule has 0 aromatic rings. The van der Waals surface area contributed by atoms with E-state index in [0.717, 1.165) is 5.92 Å². The SMILES string of the molecule is CC(CC1CCCC1)NN. The molecule has 1 fully saturated rings. The molecular weight excluding hydrogens is 124 g/mol. The zero-order valence-electron chi connectivity index (χ0n) is 6.77. The fraction of sp³-hybridized carbons (Fsp3) is 1.00. The standard InChI is InChI=1S/C8H18N2/c1-7(10-9)6-8-4-2-3-5-8/h7-8,10H,2-6,9H2,1H3. The van der Waals surface area contributed by atoms with Crippen molar-refractivity contribution in [3.63, 3.8) is 0 Å². The monoisotopic (exact) mass is 142 g/mol. The van der Waals surface area contributed by atoms with E-state index in [4.69, 9.17) is 5.84 Å². The molecule has 1 rings (SSSR count). The Kier molecular flexibility index (Phi) is 3.16.